The molecule has 208 valence electrons. The topological polar surface area (TPSA) is 76.9 Å². The molecule has 0 saturated carbocycles. The zero-order valence-electron chi connectivity index (χ0n) is 22.7. The molecule has 8 nitrogen and oxygen atoms in total. The summed E-state index contributed by atoms with van der Waals surface area (Å²) < 4.78 is 26.6. The van der Waals surface area contributed by atoms with Crippen molar-refractivity contribution in [2.24, 2.45) is 0 Å². The average Bonchev–Trinajstić information content (AvgIpc) is 3.07. The van der Waals surface area contributed by atoms with Gasteiger partial charge in [-0.3, -0.25) is 4.57 Å². The molecule has 0 aliphatic carbocycles. The van der Waals surface area contributed by atoms with E-state index < -0.39 is 5.60 Å². The zero-order valence-corrected chi connectivity index (χ0v) is 24.2. The van der Waals surface area contributed by atoms with Crippen molar-refractivity contribution in [2.45, 2.75) is 56.9 Å². The molecule has 2 aromatic carbocycles. The summed E-state index contributed by atoms with van der Waals surface area (Å²) in [7, 11) is 1.63. The second-order valence-electron chi connectivity index (χ2n) is 10.9. The second-order valence-corrected chi connectivity index (χ2v) is 12.4. The molecule has 39 heavy (non-hydrogen) atoms. The number of ether oxygens (including phenoxy) is 2. The molecule has 1 saturated heterocycles. The highest BCUT2D eigenvalue weighted by Gasteiger charge is 2.33. The number of amides is 1. The van der Waals surface area contributed by atoms with E-state index in [1.165, 1.54) is 12.1 Å². The quantitative estimate of drug-likeness (QED) is 0.413. The highest BCUT2D eigenvalue weighted by atomic mass is 35.5. The summed E-state index contributed by atoms with van der Waals surface area (Å²) in [6, 6.07) is 7.91. The Morgan fingerprint density at radius 1 is 1.18 bits per heavy atom. The molecule has 0 bridgehead atoms. The average molecular weight is 575 g/mol. The van der Waals surface area contributed by atoms with E-state index in [9.17, 15) is 14.0 Å². The Bertz CT molecular complexity index is 1470. The van der Waals surface area contributed by atoms with Crippen LogP contribution in [0.15, 0.2) is 40.0 Å². The summed E-state index contributed by atoms with van der Waals surface area (Å²) in [5.74, 6) is 0.811. The van der Waals surface area contributed by atoms with Crippen LogP contribution in [-0.2, 0) is 16.0 Å². The van der Waals surface area contributed by atoms with Crippen LogP contribution in [-0.4, -0.2) is 70.8 Å². The monoisotopic (exact) mass is 574 g/mol. The van der Waals surface area contributed by atoms with Crippen molar-refractivity contribution < 1.29 is 18.7 Å². The molecule has 11 heteroatoms. The fraction of sp³-hybridized carbons (Fsp3) is 0.464. The number of piperazine rings is 1. The maximum atomic E-state index is 13.7. The molecule has 0 unspecified atom stereocenters. The summed E-state index contributed by atoms with van der Waals surface area (Å²) in [6.45, 7) is 9.22. The van der Waals surface area contributed by atoms with E-state index in [1.807, 2.05) is 33.8 Å². The highest BCUT2D eigenvalue weighted by molar-refractivity contribution is 7.99. The highest BCUT2D eigenvalue weighted by Crippen LogP contribution is 2.45. The molecule has 2 aliphatic heterocycles. The maximum absolute atomic E-state index is 13.7. The Balaban J connectivity index is 1.63. The first kappa shape index (κ1) is 27.7. The maximum Gasteiger partial charge on any atom is 0.410 e. The Kier molecular flexibility index (Phi) is 7.56. The minimum absolute atomic E-state index is 0.124. The van der Waals surface area contributed by atoms with E-state index in [0.717, 1.165) is 26.9 Å². The molecular weight excluding hydrogens is 543 g/mol. The first-order valence-electron chi connectivity index (χ1n) is 12.9. The van der Waals surface area contributed by atoms with E-state index in [4.69, 9.17) is 21.1 Å². The number of rotatable bonds is 3. The van der Waals surface area contributed by atoms with Crippen molar-refractivity contribution in [3.8, 4) is 11.1 Å². The Morgan fingerprint density at radius 3 is 2.54 bits per heavy atom. The van der Waals surface area contributed by atoms with E-state index in [1.54, 1.807) is 40.5 Å². The summed E-state index contributed by atoms with van der Waals surface area (Å²) in [5, 5.41) is 1.24. The number of nitrogens with zero attached hydrogens (tertiary/aromatic N) is 4. The van der Waals surface area contributed by atoms with Crippen LogP contribution < -0.4 is 10.6 Å². The standard InChI is InChI=1S/C28H32ClFN4O4S/c1-16-13-32(27(36)38-28(2,3)4)10-11-33(16)25-20-12-21(29)22(17-6-8-18(30)9-7-17)24-23(20)34(26(35)31-25)14-19(37-5)15-39-24/h6-9,12,16,19H,10-11,13-15H2,1-5H3/t16-,19+/m0/s1. The van der Waals surface area contributed by atoms with Crippen LogP contribution in [0.4, 0.5) is 15.0 Å². The van der Waals surface area contributed by atoms with Crippen LogP contribution in [0.1, 0.15) is 27.7 Å². The van der Waals surface area contributed by atoms with Gasteiger partial charge >= 0.3 is 11.8 Å². The van der Waals surface area contributed by atoms with E-state index in [-0.39, 0.29) is 29.7 Å². The molecule has 1 fully saturated rings. The van der Waals surface area contributed by atoms with Gasteiger partial charge in [-0.05, 0) is 51.5 Å². The van der Waals surface area contributed by atoms with Crippen molar-refractivity contribution in [3.63, 3.8) is 0 Å². The van der Waals surface area contributed by atoms with Gasteiger partial charge in [-0.1, -0.05) is 23.7 Å². The van der Waals surface area contributed by atoms with E-state index >= 15 is 0 Å². The van der Waals surface area contributed by atoms with Gasteiger partial charge in [0.05, 0.1) is 23.2 Å². The molecule has 3 aromatic rings. The summed E-state index contributed by atoms with van der Waals surface area (Å²) in [4.78, 5) is 35.4. The van der Waals surface area contributed by atoms with Crippen molar-refractivity contribution >= 4 is 46.2 Å². The third-order valence-electron chi connectivity index (χ3n) is 6.97. The summed E-state index contributed by atoms with van der Waals surface area (Å²) in [5.41, 5.74) is 1.29. The number of aromatic nitrogens is 2. The number of hydrogen-bond donors (Lipinski definition) is 0. The third kappa shape index (κ3) is 5.47. The predicted octanol–water partition coefficient (Wildman–Crippen LogP) is 5.42. The normalized spacial score (nSPS) is 19.8. The molecule has 3 heterocycles. The molecule has 5 rings (SSSR count). The van der Waals surface area contributed by atoms with Crippen molar-refractivity contribution in [2.75, 3.05) is 37.4 Å². The van der Waals surface area contributed by atoms with Crippen molar-refractivity contribution in [1.82, 2.24) is 14.5 Å². The number of halogens is 2. The van der Waals surface area contributed by atoms with Gasteiger partial charge in [0.2, 0.25) is 0 Å². The number of benzene rings is 2. The van der Waals surface area contributed by atoms with Gasteiger partial charge < -0.3 is 19.3 Å². The number of carbonyl (C=O) groups excluding carboxylic acids is 1. The Labute approximate surface area is 236 Å². The molecular formula is C28H32ClFN4O4S. The number of carbonyl (C=O) groups is 1. The lowest BCUT2D eigenvalue weighted by molar-refractivity contribution is 0.0218. The van der Waals surface area contributed by atoms with Crippen molar-refractivity contribution in [3.05, 3.63) is 51.7 Å². The molecule has 0 N–H and O–H groups in total. The smallest absolute Gasteiger partial charge is 0.410 e. The van der Waals surface area contributed by atoms with Crippen LogP contribution in [0.25, 0.3) is 22.0 Å². The van der Waals surface area contributed by atoms with Gasteiger partial charge in [-0.15, -0.1) is 11.8 Å². The SMILES string of the molecule is CO[C@H]1CSc2c(-c3ccc(F)cc3)c(Cl)cc3c(N4CCN(C(=O)OC(C)(C)C)C[C@@H]4C)nc(=O)n(c23)C1. The van der Waals surface area contributed by atoms with Gasteiger partial charge in [0.25, 0.3) is 0 Å². The lowest BCUT2D eigenvalue weighted by Gasteiger charge is -2.41. The van der Waals surface area contributed by atoms with Crippen molar-refractivity contribution in [1.29, 1.82) is 0 Å². The molecule has 2 aliphatic rings. The Morgan fingerprint density at radius 2 is 1.90 bits per heavy atom. The van der Waals surface area contributed by atoms with E-state index in [0.29, 0.717) is 42.8 Å². The summed E-state index contributed by atoms with van der Waals surface area (Å²) in [6.07, 6.45) is -0.559. The van der Waals surface area contributed by atoms with Crippen LogP contribution >= 0.6 is 23.4 Å². The number of anilines is 1. The fourth-order valence-corrected chi connectivity index (χ4v) is 6.81. The molecule has 1 aromatic heterocycles. The lowest BCUT2D eigenvalue weighted by atomic mass is 10.0. The van der Waals surface area contributed by atoms with Gasteiger partial charge in [0.1, 0.15) is 17.2 Å². The van der Waals surface area contributed by atoms with Gasteiger partial charge in [0, 0.05) is 54.4 Å². The largest absolute Gasteiger partial charge is 0.444 e. The number of hydrogen-bond acceptors (Lipinski definition) is 7. The number of methoxy groups -OCH3 is 1. The van der Waals surface area contributed by atoms with Gasteiger partial charge in [-0.2, -0.15) is 4.98 Å². The van der Waals surface area contributed by atoms with Crippen LogP contribution in [0.5, 0.6) is 0 Å². The zero-order chi connectivity index (χ0) is 28.1. The van der Waals surface area contributed by atoms with Crippen LogP contribution in [0, 0.1) is 5.82 Å². The number of thioether (sulfide) groups is 1. The van der Waals surface area contributed by atoms with Gasteiger partial charge in [0.15, 0.2) is 0 Å². The predicted molar refractivity (Wildman–Crippen MR) is 153 cm³/mol. The van der Waals surface area contributed by atoms with E-state index in [2.05, 4.69) is 9.88 Å². The second kappa shape index (κ2) is 10.6. The summed E-state index contributed by atoms with van der Waals surface area (Å²) >= 11 is 8.50. The molecule has 0 spiro atoms. The Hall–Kier alpha value is -2.82. The minimum atomic E-state index is -0.584. The third-order valence-corrected chi connectivity index (χ3v) is 8.49. The van der Waals surface area contributed by atoms with Crippen LogP contribution in [0.3, 0.4) is 0 Å². The molecule has 0 radical (unpaired) electrons. The lowest BCUT2D eigenvalue weighted by Crippen LogP contribution is -2.55. The van der Waals surface area contributed by atoms with Gasteiger partial charge in [-0.25, -0.2) is 14.0 Å². The molecule has 2 atom stereocenters. The minimum Gasteiger partial charge on any atom is -0.444 e. The molecule has 1 amide bonds. The fourth-order valence-electron chi connectivity index (χ4n) is 5.12. The van der Waals surface area contributed by atoms with Crippen LogP contribution in [0.2, 0.25) is 5.02 Å². The first-order valence-corrected chi connectivity index (χ1v) is 14.3. The first-order chi connectivity index (χ1) is 18.5.